The van der Waals surface area contributed by atoms with Crippen LogP contribution in [0.4, 0.5) is 4.39 Å². The summed E-state index contributed by atoms with van der Waals surface area (Å²) in [5.41, 5.74) is 3.05. The van der Waals surface area contributed by atoms with Gasteiger partial charge in [0.2, 0.25) is 0 Å². The highest BCUT2D eigenvalue weighted by Crippen LogP contribution is 2.10. The molecule has 0 spiro atoms. The maximum atomic E-state index is 13.7. The van der Waals surface area contributed by atoms with Crippen molar-refractivity contribution in [2.45, 2.75) is 0 Å². The molecule has 1 aromatic rings. The number of aliphatic hydroxyl groups is 1. The Morgan fingerprint density at radius 1 is 1.45 bits per heavy atom. The number of benzene rings is 1. The maximum absolute atomic E-state index is 13.7. The average molecular weight is 278 g/mol. The first-order chi connectivity index (χ1) is 9.70. The molecular formula is C14H15FN2O3. The summed E-state index contributed by atoms with van der Waals surface area (Å²) in [5, 5.41) is 10.3. The Bertz CT molecular complexity index is 545. The quantitative estimate of drug-likeness (QED) is 0.756. The fraction of sp³-hybridized carbons (Fsp3) is 0.357. The Morgan fingerprint density at radius 3 is 2.90 bits per heavy atom. The predicted molar refractivity (Wildman–Crippen MR) is 70.2 cm³/mol. The van der Waals surface area contributed by atoms with Gasteiger partial charge < -0.3 is 9.84 Å². The van der Waals surface area contributed by atoms with E-state index in [4.69, 9.17) is 9.84 Å². The van der Waals surface area contributed by atoms with Crippen LogP contribution in [0.15, 0.2) is 18.2 Å². The van der Waals surface area contributed by atoms with E-state index in [1.165, 1.54) is 18.2 Å². The van der Waals surface area contributed by atoms with E-state index >= 15 is 0 Å². The van der Waals surface area contributed by atoms with Gasteiger partial charge in [-0.25, -0.2) is 9.40 Å². The first kappa shape index (κ1) is 14.5. The van der Waals surface area contributed by atoms with Crippen LogP contribution in [0.5, 0.6) is 0 Å². The van der Waals surface area contributed by atoms with E-state index in [9.17, 15) is 9.18 Å². The van der Waals surface area contributed by atoms with Gasteiger partial charge in [0.15, 0.2) is 0 Å². The van der Waals surface area contributed by atoms with Crippen LogP contribution in [0.2, 0.25) is 0 Å². The van der Waals surface area contributed by atoms with E-state index in [0.717, 1.165) is 0 Å². The normalized spacial score (nSPS) is 15.3. The van der Waals surface area contributed by atoms with Gasteiger partial charge in [-0.15, -0.1) is 0 Å². The number of morpholine rings is 1. The van der Waals surface area contributed by atoms with E-state index in [1.807, 2.05) is 0 Å². The SMILES string of the molecule is O=C(NN1CCOCC1)c1cc(C#CCO)ccc1F. The summed E-state index contributed by atoms with van der Waals surface area (Å²) in [5.74, 6) is 3.97. The lowest BCUT2D eigenvalue weighted by atomic mass is 10.1. The van der Waals surface area contributed by atoms with E-state index in [1.54, 1.807) is 5.01 Å². The molecule has 0 unspecified atom stereocenters. The third-order valence-corrected chi connectivity index (χ3v) is 2.79. The lowest BCUT2D eigenvalue weighted by Crippen LogP contribution is -2.48. The highest BCUT2D eigenvalue weighted by molar-refractivity contribution is 5.94. The van der Waals surface area contributed by atoms with Crippen molar-refractivity contribution in [2.24, 2.45) is 0 Å². The number of halogens is 1. The molecular weight excluding hydrogens is 263 g/mol. The average Bonchev–Trinajstić information content (AvgIpc) is 2.47. The molecule has 0 saturated carbocycles. The number of aliphatic hydroxyl groups excluding tert-OH is 1. The molecule has 0 radical (unpaired) electrons. The van der Waals surface area contributed by atoms with Crippen LogP contribution in [-0.4, -0.2) is 48.9 Å². The zero-order valence-electron chi connectivity index (χ0n) is 10.9. The predicted octanol–water partition coefficient (Wildman–Crippen LogP) is 0.146. The molecule has 1 aromatic carbocycles. The molecule has 106 valence electrons. The lowest BCUT2D eigenvalue weighted by Gasteiger charge is -2.26. The van der Waals surface area contributed by atoms with E-state index in [-0.39, 0.29) is 12.2 Å². The van der Waals surface area contributed by atoms with Crippen LogP contribution in [0.3, 0.4) is 0 Å². The van der Waals surface area contributed by atoms with Gasteiger partial charge in [0.1, 0.15) is 12.4 Å². The summed E-state index contributed by atoms with van der Waals surface area (Å²) in [6.07, 6.45) is 0. The Hall–Kier alpha value is -1.94. The van der Waals surface area contributed by atoms with Crippen molar-refractivity contribution in [1.29, 1.82) is 0 Å². The molecule has 1 amide bonds. The first-order valence-electron chi connectivity index (χ1n) is 6.23. The first-order valence-corrected chi connectivity index (χ1v) is 6.23. The second-order valence-corrected chi connectivity index (χ2v) is 4.19. The Labute approximate surface area is 116 Å². The maximum Gasteiger partial charge on any atom is 0.268 e. The van der Waals surface area contributed by atoms with E-state index < -0.39 is 11.7 Å². The lowest BCUT2D eigenvalue weighted by molar-refractivity contribution is 0.0125. The second-order valence-electron chi connectivity index (χ2n) is 4.19. The van der Waals surface area contributed by atoms with Crippen molar-refractivity contribution in [3.05, 3.63) is 35.1 Å². The van der Waals surface area contributed by atoms with Crippen molar-refractivity contribution in [3.8, 4) is 11.8 Å². The van der Waals surface area contributed by atoms with Crippen molar-refractivity contribution in [2.75, 3.05) is 32.9 Å². The summed E-state index contributed by atoms with van der Waals surface area (Å²) in [6, 6.07) is 4.02. The van der Waals surface area contributed by atoms with Gasteiger partial charge >= 0.3 is 0 Å². The minimum atomic E-state index is -0.606. The number of nitrogens with one attached hydrogen (secondary N) is 1. The van der Waals surface area contributed by atoms with Gasteiger partial charge in [-0.2, -0.15) is 0 Å². The van der Waals surface area contributed by atoms with Crippen LogP contribution >= 0.6 is 0 Å². The second kappa shape index (κ2) is 7.01. The molecule has 0 aromatic heterocycles. The van der Waals surface area contributed by atoms with Crippen LogP contribution in [-0.2, 0) is 4.74 Å². The van der Waals surface area contributed by atoms with Gasteiger partial charge in [0.05, 0.1) is 18.8 Å². The van der Waals surface area contributed by atoms with Crippen molar-refractivity contribution >= 4 is 5.91 Å². The van der Waals surface area contributed by atoms with Crippen molar-refractivity contribution in [1.82, 2.24) is 10.4 Å². The van der Waals surface area contributed by atoms with Gasteiger partial charge in [-0.05, 0) is 18.2 Å². The number of carbonyl (C=O) groups is 1. The van der Waals surface area contributed by atoms with Crippen LogP contribution < -0.4 is 5.43 Å². The number of rotatable bonds is 2. The third kappa shape index (κ3) is 3.78. The van der Waals surface area contributed by atoms with Gasteiger partial charge in [0, 0.05) is 18.7 Å². The molecule has 5 nitrogen and oxygen atoms in total. The van der Waals surface area contributed by atoms with Crippen LogP contribution in [0.1, 0.15) is 15.9 Å². The van der Waals surface area contributed by atoms with Gasteiger partial charge in [0.25, 0.3) is 5.91 Å². The fourth-order valence-corrected chi connectivity index (χ4v) is 1.80. The molecule has 1 aliphatic heterocycles. The third-order valence-electron chi connectivity index (χ3n) is 2.79. The van der Waals surface area contributed by atoms with Crippen LogP contribution in [0.25, 0.3) is 0 Å². The summed E-state index contributed by atoms with van der Waals surface area (Å²) < 4.78 is 18.9. The molecule has 1 fully saturated rings. The van der Waals surface area contributed by atoms with E-state index in [0.29, 0.717) is 31.9 Å². The molecule has 1 saturated heterocycles. The van der Waals surface area contributed by atoms with E-state index in [2.05, 4.69) is 17.3 Å². The van der Waals surface area contributed by atoms with Crippen LogP contribution in [0, 0.1) is 17.7 Å². The highest BCUT2D eigenvalue weighted by atomic mass is 19.1. The topological polar surface area (TPSA) is 61.8 Å². The van der Waals surface area contributed by atoms with Crippen molar-refractivity contribution in [3.63, 3.8) is 0 Å². The minimum absolute atomic E-state index is 0.0683. The number of hydrogen-bond donors (Lipinski definition) is 2. The number of hydrogen-bond acceptors (Lipinski definition) is 4. The Morgan fingerprint density at radius 2 is 2.20 bits per heavy atom. The van der Waals surface area contributed by atoms with Gasteiger partial charge in [-0.1, -0.05) is 11.8 Å². The fourth-order valence-electron chi connectivity index (χ4n) is 1.80. The molecule has 1 heterocycles. The molecule has 0 aliphatic carbocycles. The molecule has 0 bridgehead atoms. The molecule has 2 N–H and O–H groups in total. The monoisotopic (exact) mass is 278 g/mol. The number of amides is 1. The summed E-state index contributed by atoms with van der Waals surface area (Å²) in [4.78, 5) is 12.0. The standard InChI is InChI=1S/C14H15FN2O3/c15-13-4-3-11(2-1-7-18)10-12(13)14(19)16-17-5-8-20-9-6-17/h3-4,10,18H,5-9H2,(H,16,19). The highest BCUT2D eigenvalue weighted by Gasteiger charge is 2.17. The zero-order valence-corrected chi connectivity index (χ0v) is 10.9. The number of carbonyl (C=O) groups excluding carboxylic acids is 1. The van der Waals surface area contributed by atoms with Gasteiger partial charge in [-0.3, -0.25) is 10.2 Å². The number of hydrazine groups is 1. The minimum Gasteiger partial charge on any atom is -0.384 e. The molecule has 6 heteroatoms. The molecule has 2 rings (SSSR count). The van der Waals surface area contributed by atoms with Crippen molar-refractivity contribution < 1.29 is 19.0 Å². The molecule has 0 atom stereocenters. The summed E-state index contributed by atoms with van der Waals surface area (Å²) >= 11 is 0. The number of ether oxygens (including phenoxy) is 1. The smallest absolute Gasteiger partial charge is 0.268 e. The molecule has 20 heavy (non-hydrogen) atoms. The number of nitrogens with zero attached hydrogens (tertiary/aromatic N) is 1. The summed E-state index contributed by atoms with van der Waals surface area (Å²) in [7, 11) is 0. The Kier molecular flexibility index (Phi) is 5.07. The largest absolute Gasteiger partial charge is 0.384 e. The zero-order chi connectivity index (χ0) is 14.4. The Balaban J connectivity index is 2.11. The molecule has 1 aliphatic rings. The summed E-state index contributed by atoms with van der Waals surface area (Å²) in [6.45, 7) is 1.91.